The van der Waals surface area contributed by atoms with Crippen molar-refractivity contribution in [2.24, 2.45) is 4.99 Å². The standard InChI is InChI=1S/C11H14N6O2S/c1-3-16-8(18)7(5-12-10-13-6-14-15-10)9(19)17(4-2)11(16)20/h5-6,18H,3-4H2,1-2H3,(H,13,14,15)/b12-5+. The third kappa shape index (κ3) is 2.39. The molecule has 0 bridgehead atoms. The van der Waals surface area contributed by atoms with Crippen LogP contribution in [0.15, 0.2) is 16.1 Å². The molecule has 2 aromatic heterocycles. The molecule has 0 unspecified atom stereocenters. The van der Waals surface area contributed by atoms with E-state index in [4.69, 9.17) is 12.2 Å². The third-order valence-corrected chi connectivity index (χ3v) is 3.23. The Morgan fingerprint density at radius 2 is 2.15 bits per heavy atom. The first-order valence-electron chi connectivity index (χ1n) is 6.06. The molecule has 0 aliphatic heterocycles. The van der Waals surface area contributed by atoms with Crippen molar-refractivity contribution < 1.29 is 5.11 Å². The van der Waals surface area contributed by atoms with Gasteiger partial charge in [0.1, 0.15) is 11.9 Å². The highest BCUT2D eigenvalue weighted by atomic mass is 32.1. The van der Waals surface area contributed by atoms with Gasteiger partial charge in [-0.05, 0) is 26.1 Å². The van der Waals surface area contributed by atoms with E-state index < -0.39 is 0 Å². The quantitative estimate of drug-likeness (QED) is 0.647. The Balaban J connectivity index is 2.64. The number of rotatable bonds is 4. The van der Waals surface area contributed by atoms with Crippen molar-refractivity contribution in [3.8, 4) is 5.88 Å². The van der Waals surface area contributed by atoms with Crippen LogP contribution in [-0.2, 0) is 13.1 Å². The molecule has 0 spiro atoms. The molecule has 2 aromatic rings. The summed E-state index contributed by atoms with van der Waals surface area (Å²) < 4.78 is 3.16. The van der Waals surface area contributed by atoms with Crippen molar-refractivity contribution in [1.82, 2.24) is 24.3 Å². The van der Waals surface area contributed by atoms with E-state index in [0.717, 1.165) is 0 Å². The van der Waals surface area contributed by atoms with E-state index in [9.17, 15) is 9.90 Å². The normalized spacial score (nSPS) is 11.3. The van der Waals surface area contributed by atoms with E-state index >= 15 is 0 Å². The van der Waals surface area contributed by atoms with Crippen molar-refractivity contribution in [2.45, 2.75) is 26.9 Å². The topological polar surface area (TPSA) is 101 Å². The summed E-state index contributed by atoms with van der Waals surface area (Å²) in [7, 11) is 0. The van der Waals surface area contributed by atoms with Gasteiger partial charge in [-0.15, -0.1) is 10.2 Å². The Morgan fingerprint density at radius 3 is 2.70 bits per heavy atom. The van der Waals surface area contributed by atoms with Gasteiger partial charge in [0.15, 0.2) is 4.77 Å². The van der Waals surface area contributed by atoms with Crippen LogP contribution in [0.4, 0.5) is 5.95 Å². The zero-order chi connectivity index (χ0) is 14.7. The lowest BCUT2D eigenvalue weighted by molar-refractivity contribution is 0.399. The molecule has 20 heavy (non-hydrogen) atoms. The zero-order valence-corrected chi connectivity index (χ0v) is 11.9. The summed E-state index contributed by atoms with van der Waals surface area (Å²) in [6.45, 7) is 4.51. The number of nitrogens with one attached hydrogen (secondary N) is 1. The molecule has 2 rings (SSSR count). The molecule has 8 nitrogen and oxygen atoms in total. The highest BCUT2D eigenvalue weighted by Crippen LogP contribution is 2.13. The first-order valence-corrected chi connectivity index (χ1v) is 6.47. The minimum absolute atomic E-state index is 0.0682. The third-order valence-electron chi connectivity index (χ3n) is 2.79. The SMILES string of the molecule is CCn1c(O)c(/C=N/c2nnc[nH]2)c(=O)n(CC)c1=S. The summed E-state index contributed by atoms with van der Waals surface area (Å²) in [4.78, 5) is 18.9. The van der Waals surface area contributed by atoms with Crippen LogP contribution in [0.25, 0.3) is 0 Å². The van der Waals surface area contributed by atoms with Crippen molar-refractivity contribution in [1.29, 1.82) is 0 Å². The molecule has 0 amide bonds. The maximum Gasteiger partial charge on any atom is 0.267 e. The number of hydrogen-bond donors (Lipinski definition) is 2. The smallest absolute Gasteiger partial charge is 0.267 e. The molecule has 9 heteroatoms. The van der Waals surface area contributed by atoms with Crippen molar-refractivity contribution in [3.63, 3.8) is 0 Å². The number of aromatic hydroxyl groups is 1. The minimum Gasteiger partial charge on any atom is -0.494 e. The van der Waals surface area contributed by atoms with E-state index in [1.54, 1.807) is 0 Å². The fraction of sp³-hybridized carbons (Fsp3) is 0.364. The fourth-order valence-corrected chi connectivity index (χ4v) is 2.20. The molecule has 0 saturated carbocycles. The summed E-state index contributed by atoms with van der Waals surface area (Å²) in [5.41, 5.74) is -0.318. The van der Waals surface area contributed by atoms with Gasteiger partial charge in [0.05, 0.1) is 0 Å². The van der Waals surface area contributed by atoms with Crippen LogP contribution in [0.1, 0.15) is 19.4 Å². The average Bonchev–Trinajstić information content (AvgIpc) is 2.93. The maximum absolute atomic E-state index is 12.3. The predicted octanol–water partition coefficient (Wildman–Crippen LogP) is 0.993. The van der Waals surface area contributed by atoms with Gasteiger partial charge in [-0.2, -0.15) is 0 Å². The molecule has 0 aliphatic rings. The van der Waals surface area contributed by atoms with Gasteiger partial charge < -0.3 is 10.1 Å². The Bertz CT molecular complexity index is 744. The number of aliphatic imine (C=N–C) groups is 1. The van der Waals surface area contributed by atoms with Crippen LogP contribution in [0.3, 0.4) is 0 Å². The lowest BCUT2D eigenvalue weighted by Crippen LogP contribution is -2.27. The first-order chi connectivity index (χ1) is 9.60. The van der Waals surface area contributed by atoms with Gasteiger partial charge in [-0.1, -0.05) is 0 Å². The van der Waals surface area contributed by atoms with E-state index in [1.165, 1.54) is 21.7 Å². The number of hydrogen-bond acceptors (Lipinski definition) is 6. The lowest BCUT2D eigenvalue weighted by atomic mass is 10.3. The second-order valence-corrected chi connectivity index (χ2v) is 4.25. The van der Waals surface area contributed by atoms with Gasteiger partial charge in [0.25, 0.3) is 5.56 Å². The molecule has 2 heterocycles. The van der Waals surface area contributed by atoms with E-state index in [0.29, 0.717) is 13.1 Å². The molecule has 2 N–H and O–H groups in total. The summed E-state index contributed by atoms with van der Waals surface area (Å²) in [6.07, 6.45) is 2.63. The Labute approximate surface area is 119 Å². The van der Waals surface area contributed by atoms with Gasteiger partial charge in [0, 0.05) is 19.3 Å². The van der Waals surface area contributed by atoms with Crippen LogP contribution in [0.2, 0.25) is 0 Å². The van der Waals surface area contributed by atoms with E-state index in [-0.39, 0.29) is 27.7 Å². The first kappa shape index (κ1) is 14.1. The summed E-state index contributed by atoms with van der Waals surface area (Å²) in [5.74, 6) is 0.0489. The van der Waals surface area contributed by atoms with Crippen molar-refractivity contribution >= 4 is 24.4 Å². The van der Waals surface area contributed by atoms with Gasteiger partial charge in [-0.25, -0.2) is 4.99 Å². The molecule has 0 atom stereocenters. The molecular weight excluding hydrogens is 280 g/mol. The summed E-state index contributed by atoms with van der Waals surface area (Å²) >= 11 is 5.18. The lowest BCUT2D eigenvalue weighted by Gasteiger charge is -2.13. The van der Waals surface area contributed by atoms with Gasteiger partial charge in [0.2, 0.25) is 11.8 Å². The van der Waals surface area contributed by atoms with Crippen LogP contribution in [0, 0.1) is 4.77 Å². The van der Waals surface area contributed by atoms with Crippen molar-refractivity contribution in [3.05, 3.63) is 27.0 Å². The molecule has 0 aliphatic carbocycles. The van der Waals surface area contributed by atoms with Crippen molar-refractivity contribution in [2.75, 3.05) is 0 Å². The number of H-pyrrole nitrogens is 1. The highest BCUT2D eigenvalue weighted by Gasteiger charge is 2.13. The van der Waals surface area contributed by atoms with Gasteiger partial charge in [-0.3, -0.25) is 13.9 Å². The molecule has 0 fully saturated rings. The molecule has 0 saturated heterocycles. The Morgan fingerprint density at radius 1 is 1.45 bits per heavy atom. The second kappa shape index (κ2) is 5.78. The average molecular weight is 294 g/mol. The molecule has 106 valence electrons. The maximum atomic E-state index is 12.3. The Hall–Kier alpha value is -2.29. The van der Waals surface area contributed by atoms with Crippen LogP contribution in [-0.4, -0.2) is 35.6 Å². The predicted molar refractivity (Wildman–Crippen MR) is 76.2 cm³/mol. The Kier molecular flexibility index (Phi) is 4.08. The summed E-state index contributed by atoms with van der Waals surface area (Å²) in [6, 6.07) is 0. The highest BCUT2D eigenvalue weighted by molar-refractivity contribution is 7.71. The zero-order valence-electron chi connectivity index (χ0n) is 11.1. The molecular formula is C11H14N6O2S. The van der Waals surface area contributed by atoms with E-state index in [2.05, 4.69) is 20.2 Å². The van der Waals surface area contributed by atoms with E-state index in [1.807, 2.05) is 13.8 Å². The number of aromatic amines is 1. The fourth-order valence-electron chi connectivity index (χ4n) is 1.77. The largest absolute Gasteiger partial charge is 0.494 e. The number of nitrogens with zero attached hydrogens (tertiary/aromatic N) is 5. The monoisotopic (exact) mass is 294 g/mol. The van der Waals surface area contributed by atoms with Crippen LogP contribution >= 0.6 is 12.2 Å². The van der Waals surface area contributed by atoms with Crippen LogP contribution in [0.5, 0.6) is 5.88 Å². The minimum atomic E-state index is -0.386. The summed E-state index contributed by atoms with van der Waals surface area (Å²) in [5, 5.41) is 17.4. The molecule has 0 radical (unpaired) electrons. The second-order valence-electron chi connectivity index (χ2n) is 3.88. The molecule has 0 aromatic carbocycles. The van der Waals surface area contributed by atoms with Gasteiger partial charge >= 0.3 is 0 Å². The number of aromatic nitrogens is 5. The van der Waals surface area contributed by atoms with Crippen LogP contribution < -0.4 is 5.56 Å².